The van der Waals surface area contributed by atoms with E-state index in [-0.39, 0.29) is 11.9 Å². The number of carbonyl (C=O) groups excluding carboxylic acids is 1. The quantitative estimate of drug-likeness (QED) is 0.786. The van der Waals surface area contributed by atoms with Crippen LogP contribution in [0.4, 0.5) is 0 Å². The summed E-state index contributed by atoms with van der Waals surface area (Å²) in [6.07, 6.45) is 3.61. The van der Waals surface area contributed by atoms with Gasteiger partial charge in [0.2, 0.25) is 0 Å². The second kappa shape index (κ2) is 6.92. The van der Waals surface area contributed by atoms with Crippen LogP contribution in [-0.4, -0.2) is 28.9 Å². The number of hydrogen-bond acceptors (Lipinski definition) is 4. The zero-order valence-corrected chi connectivity index (χ0v) is 14.4. The Morgan fingerprint density at radius 2 is 1.96 bits per heavy atom. The molecule has 2 aromatic carbocycles. The van der Waals surface area contributed by atoms with Crippen LogP contribution in [0.15, 0.2) is 60.9 Å². The molecule has 1 atom stereocenters. The molecule has 0 radical (unpaired) electrons. The van der Waals surface area contributed by atoms with E-state index in [9.17, 15) is 4.79 Å². The Balaban J connectivity index is 1.60. The normalized spacial score (nSPS) is 13.9. The Morgan fingerprint density at radius 3 is 2.81 bits per heavy atom. The van der Waals surface area contributed by atoms with Crippen molar-refractivity contribution >= 4 is 5.91 Å². The van der Waals surface area contributed by atoms with Crippen LogP contribution >= 0.6 is 0 Å². The molecule has 4 rings (SSSR count). The Kier molecular flexibility index (Phi) is 4.31. The van der Waals surface area contributed by atoms with Crippen LogP contribution in [-0.2, 0) is 0 Å². The number of carbonyl (C=O) groups is 1. The second-order valence-electron chi connectivity index (χ2n) is 6.03. The highest BCUT2D eigenvalue weighted by molar-refractivity contribution is 5.98. The first-order valence-electron chi connectivity index (χ1n) is 8.52. The summed E-state index contributed by atoms with van der Waals surface area (Å²) in [5.74, 6) is 0.910. The highest BCUT2D eigenvalue weighted by Crippen LogP contribution is 2.34. The monoisotopic (exact) mass is 349 g/mol. The third-order valence-corrected chi connectivity index (χ3v) is 4.31. The van der Waals surface area contributed by atoms with E-state index in [0.717, 1.165) is 11.3 Å². The van der Waals surface area contributed by atoms with Gasteiger partial charge in [0.15, 0.2) is 11.5 Å². The van der Waals surface area contributed by atoms with Crippen LogP contribution in [0.2, 0.25) is 0 Å². The molecule has 1 unspecified atom stereocenters. The first-order valence-corrected chi connectivity index (χ1v) is 8.52. The van der Waals surface area contributed by atoms with Crippen molar-refractivity contribution in [3.8, 4) is 17.2 Å². The molecule has 6 heteroatoms. The van der Waals surface area contributed by atoms with Crippen molar-refractivity contribution in [3.63, 3.8) is 0 Å². The molecular formula is C20H19N3O3. The Bertz CT molecular complexity index is 922. The zero-order valence-electron chi connectivity index (χ0n) is 14.4. The van der Waals surface area contributed by atoms with Crippen LogP contribution in [0.3, 0.4) is 0 Å². The third-order valence-electron chi connectivity index (χ3n) is 4.31. The van der Waals surface area contributed by atoms with Crippen molar-refractivity contribution in [2.75, 3.05) is 13.2 Å². The fourth-order valence-corrected chi connectivity index (χ4v) is 3.08. The third kappa shape index (κ3) is 3.01. The van der Waals surface area contributed by atoms with Crippen LogP contribution < -0.4 is 14.8 Å². The van der Waals surface area contributed by atoms with Gasteiger partial charge in [-0.15, -0.1) is 0 Å². The Morgan fingerprint density at radius 1 is 1.12 bits per heavy atom. The zero-order chi connectivity index (χ0) is 17.9. The maximum absolute atomic E-state index is 12.8. The number of nitrogens with one attached hydrogen (secondary N) is 1. The summed E-state index contributed by atoms with van der Waals surface area (Å²) in [4.78, 5) is 12.8. The molecule has 132 valence electrons. The predicted molar refractivity (Wildman–Crippen MR) is 96.9 cm³/mol. The molecule has 3 aromatic rings. The minimum absolute atomic E-state index is 0.199. The standard InChI is InChI=1S/C20H19N3O3/c1-14(15-6-2-3-8-17(15)23-11-5-10-21-23)22-20(24)16-7-4-9-18-19(16)26-13-12-25-18/h2-11,14H,12-13H2,1H3,(H,22,24). The van der Waals surface area contributed by atoms with Crippen molar-refractivity contribution in [1.29, 1.82) is 0 Å². The van der Waals surface area contributed by atoms with E-state index >= 15 is 0 Å². The van der Waals surface area contributed by atoms with Gasteiger partial charge in [0.1, 0.15) is 13.2 Å². The van der Waals surface area contributed by atoms with E-state index in [2.05, 4.69) is 10.4 Å². The smallest absolute Gasteiger partial charge is 0.255 e. The fraction of sp³-hybridized carbons (Fsp3) is 0.200. The number of para-hydroxylation sites is 2. The summed E-state index contributed by atoms with van der Waals surface area (Å²) >= 11 is 0. The molecule has 0 spiro atoms. The minimum Gasteiger partial charge on any atom is -0.486 e. The highest BCUT2D eigenvalue weighted by Gasteiger charge is 2.22. The lowest BCUT2D eigenvalue weighted by molar-refractivity contribution is 0.0929. The first-order chi connectivity index (χ1) is 12.7. The van der Waals surface area contributed by atoms with Crippen molar-refractivity contribution in [2.24, 2.45) is 0 Å². The van der Waals surface area contributed by atoms with E-state index < -0.39 is 0 Å². The molecule has 26 heavy (non-hydrogen) atoms. The van der Waals surface area contributed by atoms with Crippen LogP contribution in [0.5, 0.6) is 11.5 Å². The van der Waals surface area contributed by atoms with Gasteiger partial charge in [-0.3, -0.25) is 4.79 Å². The van der Waals surface area contributed by atoms with Gasteiger partial charge >= 0.3 is 0 Å². The molecule has 1 aliphatic rings. The van der Waals surface area contributed by atoms with Crippen LogP contribution in [0, 0.1) is 0 Å². The summed E-state index contributed by atoms with van der Waals surface area (Å²) in [7, 11) is 0. The summed E-state index contributed by atoms with van der Waals surface area (Å²) in [5.41, 5.74) is 2.39. The van der Waals surface area contributed by atoms with E-state index in [0.29, 0.717) is 30.3 Å². The highest BCUT2D eigenvalue weighted by atomic mass is 16.6. The number of benzene rings is 2. The minimum atomic E-state index is -0.205. The molecule has 1 N–H and O–H groups in total. The number of amides is 1. The van der Waals surface area contributed by atoms with Gasteiger partial charge in [0.25, 0.3) is 5.91 Å². The van der Waals surface area contributed by atoms with Gasteiger partial charge in [-0.1, -0.05) is 24.3 Å². The number of hydrogen-bond donors (Lipinski definition) is 1. The maximum Gasteiger partial charge on any atom is 0.255 e. The number of nitrogens with zero attached hydrogens (tertiary/aromatic N) is 2. The maximum atomic E-state index is 12.8. The number of aromatic nitrogens is 2. The van der Waals surface area contributed by atoms with Crippen molar-refractivity contribution < 1.29 is 14.3 Å². The topological polar surface area (TPSA) is 65.4 Å². The molecule has 0 fully saturated rings. The van der Waals surface area contributed by atoms with Gasteiger partial charge in [-0.2, -0.15) is 5.10 Å². The second-order valence-corrected chi connectivity index (χ2v) is 6.03. The average molecular weight is 349 g/mol. The number of ether oxygens (including phenoxy) is 2. The summed E-state index contributed by atoms with van der Waals surface area (Å²) in [6.45, 7) is 2.88. The van der Waals surface area contributed by atoms with Crippen LogP contribution in [0.25, 0.3) is 5.69 Å². The number of rotatable bonds is 4. The molecule has 1 aromatic heterocycles. The SMILES string of the molecule is CC(NC(=O)c1cccc2c1OCCO2)c1ccccc1-n1cccn1. The number of fused-ring (bicyclic) bond motifs is 1. The van der Waals surface area contributed by atoms with Gasteiger partial charge < -0.3 is 14.8 Å². The molecule has 2 heterocycles. The fourth-order valence-electron chi connectivity index (χ4n) is 3.08. The lowest BCUT2D eigenvalue weighted by Crippen LogP contribution is -2.29. The van der Waals surface area contributed by atoms with E-state index in [4.69, 9.17) is 9.47 Å². The van der Waals surface area contributed by atoms with Gasteiger partial charge in [-0.25, -0.2) is 4.68 Å². The molecule has 0 saturated heterocycles. The molecule has 6 nitrogen and oxygen atoms in total. The molecule has 0 bridgehead atoms. The van der Waals surface area contributed by atoms with E-state index in [1.807, 2.05) is 49.5 Å². The summed E-state index contributed by atoms with van der Waals surface area (Å²) < 4.78 is 13.0. The lowest BCUT2D eigenvalue weighted by atomic mass is 10.0. The van der Waals surface area contributed by atoms with Gasteiger partial charge in [0.05, 0.1) is 17.3 Å². The predicted octanol–water partition coefficient (Wildman–Crippen LogP) is 3.13. The largest absolute Gasteiger partial charge is 0.486 e. The van der Waals surface area contributed by atoms with Crippen molar-refractivity contribution in [1.82, 2.24) is 15.1 Å². The molecular weight excluding hydrogens is 330 g/mol. The van der Waals surface area contributed by atoms with E-state index in [1.54, 1.807) is 23.0 Å². The average Bonchev–Trinajstić information content (AvgIpc) is 3.22. The first kappa shape index (κ1) is 16.2. The van der Waals surface area contributed by atoms with Crippen molar-refractivity contribution in [2.45, 2.75) is 13.0 Å². The molecule has 1 amide bonds. The molecule has 0 saturated carbocycles. The molecule has 1 aliphatic heterocycles. The van der Waals surface area contributed by atoms with Crippen LogP contribution in [0.1, 0.15) is 28.9 Å². The van der Waals surface area contributed by atoms with Crippen molar-refractivity contribution in [3.05, 3.63) is 72.1 Å². The summed E-state index contributed by atoms with van der Waals surface area (Å²) in [5, 5.41) is 7.34. The Hall–Kier alpha value is -3.28. The molecule has 0 aliphatic carbocycles. The summed E-state index contributed by atoms with van der Waals surface area (Å²) in [6, 6.07) is 14.9. The lowest BCUT2D eigenvalue weighted by Gasteiger charge is -2.22. The van der Waals surface area contributed by atoms with Gasteiger partial charge in [0, 0.05) is 12.4 Å². The van der Waals surface area contributed by atoms with Gasteiger partial charge in [-0.05, 0) is 36.8 Å². The van der Waals surface area contributed by atoms with E-state index in [1.165, 1.54) is 0 Å². The Labute approximate surface area is 151 Å².